The smallest absolute Gasteiger partial charge is 0.0568 e. The number of rotatable bonds is 3. The van der Waals surface area contributed by atoms with E-state index in [0.717, 1.165) is 35.7 Å². The van der Waals surface area contributed by atoms with Crippen molar-refractivity contribution >= 4 is 17.6 Å². The highest BCUT2D eigenvalue weighted by atomic mass is 15.2. The summed E-state index contributed by atoms with van der Waals surface area (Å²) in [6.45, 7) is 5.20. The van der Waals surface area contributed by atoms with Crippen LogP contribution in [-0.4, -0.2) is 26.0 Å². The Morgan fingerprint density at radius 2 is 1.71 bits per heavy atom. The predicted octanol–water partition coefficient (Wildman–Crippen LogP) is 6.96. The molecule has 4 saturated carbocycles. The maximum atomic E-state index is 4.84. The van der Waals surface area contributed by atoms with Gasteiger partial charge in [0.15, 0.2) is 0 Å². The Bertz CT molecular complexity index is 854. The molecule has 1 aromatic carbocycles. The second-order valence-corrected chi connectivity index (χ2v) is 11.7. The quantitative estimate of drug-likeness (QED) is 0.384. The van der Waals surface area contributed by atoms with E-state index in [4.69, 9.17) is 5.10 Å². The molecule has 3 heteroatoms. The maximum absolute atomic E-state index is 4.84. The number of hydrogen-bond acceptors (Lipinski definition) is 3. The number of fused-ring (bicyclic) bond motifs is 5. The fourth-order valence-electron chi connectivity index (χ4n) is 8.27. The average molecular weight is 420 g/mol. The van der Waals surface area contributed by atoms with Crippen molar-refractivity contribution in [2.75, 3.05) is 19.0 Å². The number of benzene rings is 1. The molecule has 3 nitrogen and oxygen atoms in total. The van der Waals surface area contributed by atoms with Crippen LogP contribution in [0, 0.1) is 34.5 Å². The lowest BCUT2D eigenvalue weighted by Crippen LogP contribution is -2.52. The molecule has 4 aliphatic carbocycles. The summed E-state index contributed by atoms with van der Waals surface area (Å²) in [6.07, 6.45) is 16.1. The number of anilines is 1. The van der Waals surface area contributed by atoms with Gasteiger partial charge in [-0.2, -0.15) is 10.2 Å². The maximum Gasteiger partial charge on any atom is 0.0568 e. The van der Waals surface area contributed by atoms with Gasteiger partial charge in [0, 0.05) is 30.9 Å². The predicted molar refractivity (Wildman–Crippen MR) is 132 cm³/mol. The minimum Gasteiger partial charge on any atom is -0.378 e. The first-order chi connectivity index (χ1) is 14.9. The van der Waals surface area contributed by atoms with Crippen LogP contribution >= 0.6 is 0 Å². The van der Waals surface area contributed by atoms with Gasteiger partial charge in [0.1, 0.15) is 0 Å². The van der Waals surface area contributed by atoms with E-state index in [2.05, 4.69) is 62.2 Å². The monoisotopic (exact) mass is 419 g/mol. The van der Waals surface area contributed by atoms with Gasteiger partial charge >= 0.3 is 0 Å². The molecule has 168 valence electrons. The van der Waals surface area contributed by atoms with Gasteiger partial charge in [-0.15, -0.1) is 0 Å². The molecule has 5 rings (SSSR count). The Morgan fingerprint density at radius 1 is 0.903 bits per heavy atom. The fraction of sp³-hybridized carbons (Fsp3) is 0.714. The first-order valence-corrected chi connectivity index (χ1v) is 12.8. The van der Waals surface area contributed by atoms with Gasteiger partial charge in [0.25, 0.3) is 0 Å². The minimum atomic E-state index is 0.283. The Labute approximate surface area is 189 Å². The largest absolute Gasteiger partial charge is 0.378 e. The van der Waals surface area contributed by atoms with Crippen LogP contribution in [0.1, 0.15) is 83.6 Å². The Hall–Kier alpha value is -1.64. The lowest BCUT2D eigenvalue weighted by molar-refractivity contribution is -0.0936. The SMILES string of the molecule is CN(C)c1ccc(/C=N/N=C2\CCC3C4CCC5CCCC[C@]5(C)C4CC[C@]23C)cc1. The third kappa shape index (κ3) is 3.56. The highest BCUT2D eigenvalue weighted by Crippen LogP contribution is 2.65. The van der Waals surface area contributed by atoms with Crippen LogP contribution in [0.25, 0.3) is 0 Å². The van der Waals surface area contributed by atoms with Crippen molar-refractivity contribution in [3.05, 3.63) is 29.8 Å². The molecule has 0 saturated heterocycles. The molecule has 0 radical (unpaired) electrons. The van der Waals surface area contributed by atoms with Crippen molar-refractivity contribution in [1.82, 2.24) is 0 Å². The van der Waals surface area contributed by atoms with Crippen LogP contribution < -0.4 is 4.90 Å². The van der Waals surface area contributed by atoms with Gasteiger partial charge in [-0.1, -0.05) is 38.8 Å². The lowest BCUT2D eigenvalue weighted by Gasteiger charge is -2.59. The standard InChI is InChI=1S/C28H41N3/c1-27-17-6-5-7-21(27)10-13-23-24-14-15-26(28(24,2)18-16-25(23)27)30-29-19-20-8-11-22(12-9-20)31(3)4/h8-9,11-12,19,21,23-25H,5-7,10,13-18H2,1-4H3/b29-19+,30-26+/t21?,23?,24?,25?,27-,28-/m0/s1. The third-order valence-corrected chi connectivity index (χ3v) is 10.1. The summed E-state index contributed by atoms with van der Waals surface area (Å²) in [6, 6.07) is 8.55. The molecule has 0 heterocycles. The first kappa shape index (κ1) is 21.2. The van der Waals surface area contributed by atoms with Gasteiger partial charge in [-0.3, -0.25) is 0 Å². The van der Waals surface area contributed by atoms with E-state index in [1.807, 2.05) is 6.21 Å². The zero-order valence-corrected chi connectivity index (χ0v) is 20.1. The molecule has 0 aliphatic heterocycles. The fourth-order valence-corrected chi connectivity index (χ4v) is 8.27. The Balaban J connectivity index is 1.32. The molecule has 0 bridgehead atoms. The molecule has 0 aromatic heterocycles. The van der Waals surface area contributed by atoms with E-state index < -0.39 is 0 Å². The van der Waals surface area contributed by atoms with Gasteiger partial charge in [0.05, 0.1) is 6.21 Å². The molecule has 0 amide bonds. The molecule has 0 spiro atoms. The second-order valence-electron chi connectivity index (χ2n) is 11.7. The molecule has 4 fully saturated rings. The summed E-state index contributed by atoms with van der Waals surface area (Å²) < 4.78 is 0. The van der Waals surface area contributed by atoms with Crippen molar-refractivity contribution in [1.29, 1.82) is 0 Å². The van der Waals surface area contributed by atoms with Crippen LogP contribution in [0.2, 0.25) is 0 Å². The van der Waals surface area contributed by atoms with Crippen LogP contribution in [0.4, 0.5) is 5.69 Å². The zero-order chi connectivity index (χ0) is 21.6. The summed E-state index contributed by atoms with van der Waals surface area (Å²) in [4.78, 5) is 2.12. The third-order valence-electron chi connectivity index (χ3n) is 10.1. The Kier molecular flexibility index (Phi) is 5.51. The van der Waals surface area contributed by atoms with Crippen LogP contribution in [0.3, 0.4) is 0 Å². The summed E-state index contributed by atoms with van der Waals surface area (Å²) in [7, 11) is 4.14. The first-order valence-electron chi connectivity index (χ1n) is 12.8. The van der Waals surface area contributed by atoms with E-state index in [9.17, 15) is 0 Å². The summed E-state index contributed by atoms with van der Waals surface area (Å²) in [5, 5.41) is 9.41. The molecular formula is C28H41N3. The molecular weight excluding hydrogens is 378 g/mol. The van der Waals surface area contributed by atoms with Crippen molar-refractivity contribution in [2.24, 2.45) is 44.7 Å². The topological polar surface area (TPSA) is 28.0 Å². The van der Waals surface area contributed by atoms with E-state index in [1.165, 1.54) is 69.2 Å². The van der Waals surface area contributed by atoms with Crippen molar-refractivity contribution < 1.29 is 0 Å². The molecule has 4 unspecified atom stereocenters. The highest BCUT2D eigenvalue weighted by Gasteiger charge is 2.58. The zero-order valence-electron chi connectivity index (χ0n) is 20.1. The lowest BCUT2D eigenvalue weighted by atomic mass is 9.45. The molecule has 4 aliphatic rings. The molecule has 6 atom stereocenters. The Morgan fingerprint density at radius 3 is 2.48 bits per heavy atom. The van der Waals surface area contributed by atoms with Crippen LogP contribution in [0.5, 0.6) is 0 Å². The summed E-state index contributed by atoms with van der Waals surface area (Å²) in [5.41, 5.74) is 4.63. The van der Waals surface area contributed by atoms with Crippen LogP contribution in [-0.2, 0) is 0 Å². The van der Waals surface area contributed by atoms with Gasteiger partial charge in [0.2, 0.25) is 0 Å². The average Bonchev–Trinajstić information content (AvgIpc) is 3.10. The van der Waals surface area contributed by atoms with Crippen molar-refractivity contribution in [2.45, 2.75) is 78.1 Å². The summed E-state index contributed by atoms with van der Waals surface area (Å²) in [5.74, 6) is 3.72. The minimum absolute atomic E-state index is 0.283. The van der Waals surface area contributed by atoms with E-state index in [1.54, 1.807) is 0 Å². The molecule has 1 aromatic rings. The van der Waals surface area contributed by atoms with Crippen LogP contribution in [0.15, 0.2) is 34.5 Å². The van der Waals surface area contributed by atoms with E-state index >= 15 is 0 Å². The highest BCUT2D eigenvalue weighted by molar-refractivity contribution is 5.93. The normalized spacial score (nSPS) is 41.1. The van der Waals surface area contributed by atoms with Gasteiger partial charge in [-0.05, 0) is 98.1 Å². The molecule has 31 heavy (non-hydrogen) atoms. The second kappa shape index (κ2) is 8.05. The molecule has 0 N–H and O–H groups in total. The van der Waals surface area contributed by atoms with Crippen molar-refractivity contribution in [3.63, 3.8) is 0 Å². The summed E-state index contributed by atoms with van der Waals surface area (Å²) >= 11 is 0. The van der Waals surface area contributed by atoms with Gasteiger partial charge in [-0.25, -0.2) is 0 Å². The van der Waals surface area contributed by atoms with E-state index in [0.29, 0.717) is 5.41 Å². The van der Waals surface area contributed by atoms with Gasteiger partial charge < -0.3 is 4.90 Å². The van der Waals surface area contributed by atoms with E-state index in [-0.39, 0.29) is 5.41 Å². The number of hydrogen-bond donors (Lipinski definition) is 0. The van der Waals surface area contributed by atoms with Crippen molar-refractivity contribution in [3.8, 4) is 0 Å². The number of nitrogens with zero attached hydrogens (tertiary/aromatic N) is 3.